The summed E-state index contributed by atoms with van der Waals surface area (Å²) in [6.45, 7) is 6.12. The molecule has 2 aromatic rings. The Hall–Kier alpha value is -2.37. The molecule has 1 aliphatic heterocycles. The van der Waals surface area contributed by atoms with Crippen LogP contribution in [0.5, 0.6) is 0 Å². The second-order valence-corrected chi connectivity index (χ2v) is 6.34. The van der Waals surface area contributed by atoms with Crippen LogP contribution in [-0.2, 0) is 4.74 Å². The number of urea groups is 1. The van der Waals surface area contributed by atoms with E-state index in [-0.39, 0.29) is 12.1 Å². The van der Waals surface area contributed by atoms with Gasteiger partial charge in [0.1, 0.15) is 0 Å². The van der Waals surface area contributed by atoms with Crippen molar-refractivity contribution in [2.45, 2.75) is 13.0 Å². The summed E-state index contributed by atoms with van der Waals surface area (Å²) in [5.41, 5.74) is 3.11. The third-order valence-electron chi connectivity index (χ3n) is 4.36. The number of hydrogen-bond donors (Lipinski definition) is 2. The van der Waals surface area contributed by atoms with E-state index in [0.717, 1.165) is 44.1 Å². The van der Waals surface area contributed by atoms with Gasteiger partial charge >= 0.3 is 6.03 Å². The molecule has 0 saturated carbocycles. The van der Waals surface area contributed by atoms with E-state index in [1.165, 1.54) is 5.56 Å². The van der Waals surface area contributed by atoms with Crippen LogP contribution in [0.3, 0.4) is 0 Å². The molecule has 0 bridgehead atoms. The molecule has 1 atom stereocenters. The molecule has 1 saturated heterocycles. The Morgan fingerprint density at radius 1 is 1.08 bits per heavy atom. The second-order valence-electron chi connectivity index (χ2n) is 6.34. The van der Waals surface area contributed by atoms with Crippen molar-refractivity contribution in [1.29, 1.82) is 0 Å². The third-order valence-corrected chi connectivity index (χ3v) is 4.36. The molecule has 2 amide bonds. The van der Waals surface area contributed by atoms with Crippen molar-refractivity contribution in [2.24, 2.45) is 0 Å². The van der Waals surface area contributed by atoms with Gasteiger partial charge in [0.2, 0.25) is 0 Å². The molecule has 2 N–H and O–H groups in total. The molecular weight excluding hydrogens is 314 g/mol. The highest BCUT2D eigenvalue weighted by Crippen LogP contribution is 2.17. The van der Waals surface area contributed by atoms with Gasteiger partial charge < -0.3 is 15.4 Å². The van der Waals surface area contributed by atoms with Gasteiger partial charge in [0.15, 0.2) is 0 Å². The summed E-state index contributed by atoms with van der Waals surface area (Å²) in [5, 5.41) is 6.01. The van der Waals surface area contributed by atoms with E-state index in [4.69, 9.17) is 4.74 Å². The predicted octanol–water partition coefficient (Wildman–Crippen LogP) is 3.19. The number of ether oxygens (including phenoxy) is 1. The van der Waals surface area contributed by atoms with Gasteiger partial charge in [-0.15, -0.1) is 0 Å². The van der Waals surface area contributed by atoms with Crippen molar-refractivity contribution in [1.82, 2.24) is 10.2 Å². The average Bonchev–Trinajstić information content (AvgIpc) is 2.63. The van der Waals surface area contributed by atoms with Crippen LogP contribution in [0.2, 0.25) is 0 Å². The standard InChI is InChI=1S/C20H25N3O2/c1-16-7-9-17(10-8-16)19(15-23-11-13-25-14-12-23)22-20(24)21-18-5-3-2-4-6-18/h2-10,19H,11-15H2,1H3,(H2,21,22,24)/t19-/m0/s1. The number of nitrogens with zero attached hydrogens (tertiary/aromatic N) is 1. The van der Waals surface area contributed by atoms with E-state index in [2.05, 4.69) is 46.7 Å². The van der Waals surface area contributed by atoms with Crippen molar-refractivity contribution in [2.75, 3.05) is 38.2 Å². The smallest absolute Gasteiger partial charge is 0.319 e. The molecule has 5 heteroatoms. The highest BCUT2D eigenvalue weighted by atomic mass is 16.5. The topological polar surface area (TPSA) is 53.6 Å². The zero-order valence-corrected chi connectivity index (χ0v) is 14.6. The Labute approximate surface area is 149 Å². The lowest BCUT2D eigenvalue weighted by molar-refractivity contribution is 0.0340. The molecule has 0 radical (unpaired) electrons. The Kier molecular flexibility index (Phi) is 6.04. The Balaban J connectivity index is 1.68. The van der Waals surface area contributed by atoms with Crippen LogP contribution in [0.15, 0.2) is 54.6 Å². The predicted molar refractivity (Wildman–Crippen MR) is 99.8 cm³/mol. The SMILES string of the molecule is Cc1ccc([C@H](CN2CCOCC2)NC(=O)Nc2ccccc2)cc1. The molecule has 3 rings (SSSR count). The minimum atomic E-state index is -0.190. The maximum absolute atomic E-state index is 12.4. The highest BCUT2D eigenvalue weighted by Gasteiger charge is 2.20. The monoisotopic (exact) mass is 339 g/mol. The number of nitrogens with one attached hydrogen (secondary N) is 2. The Bertz CT molecular complexity index is 667. The van der Waals surface area contributed by atoms with Crippen LogP contribution in [0.4, 0.5) is 10.5 Å². The maximum Gasteiger partial charge on any atom is 0.319 e. The number of rotatable bonds is 5. The molecule has 0 unspecified atom stereocenters. The Morgan fingerprint density at radius 3 is 2.44 bits per heavy atom. The molecule has 0 aliphatic carbocycles. The quantitative estimate of drug-likeness (QED) is 0.880. The van der Waals surface area contributed by atoms with Crippen LogP contribution < -0.4 is 10.6 Å². The number of aryl methyl sites for hydroxylation is 1. The summed E-state index contributed by atoms with van der Waals surface area (Å²) in [6, 6.07) is 17.6. The first-order valence-corrected chi connectivity index (χ1v) is 8.70. The molecule has 25 heavy (non-hydrogen) atoms. The number of benzene rings is 2. The summed E-state index contributed by atoms with van der Waals surface area (Å²) < 4.78 is 5.42. The number of carbonyl (C=O) groups excluding carboxylic acids is 1. The van der Waals surface area contributed by atoms with E-state index >= 15 is 0 Å². The molecule has 0 spiro atoms. The number of para-hydroxylation sites is 1. The summed E-state index contributed by atoms with van der Waals surface area (Å²) in [7, 11) is 0. The van der Waals surface area contributed by atoms with Crippen LogP contribution in [0.25, 0.3) is 0 Å². The molecule has 1 fully saturated rings. The van der Waals surface area contributed by atoms with Crippen LogP contribution >= 0.6 is 0 Å². The minimum absolute atomic E-state index is 0.0672. The molecule has 132 valence electrons. The summed E-state index contributed by atoms with van der Waals surface area (Å²) >= 11 is 0. The Morgan fingerprint density at radius 2 is 1.76 bits per heavy atom. The average molecular weight is 339 g/mol. The zero-order chi connectivity index (χ0) is 17.5. The summed E-state index contributed by atoms with van der Waals surface area (Å²) in [6.07, 6.45) is 0. The van der Waals surface area contributed by atoms with Gasteiger partial charge in [0.05, 0.1) is 19.3 Å². The number of carbonyl (C=O) groups is 1. The van der Waals surface area contributed by atoms with Gasteiger partial charge in [-0.25, -0.2) is 4.79 Å². The van der Waals surface area contributed by atoms with Crippen molar-refractivity contribution in [3.05, 3.63) is 65.7 Å². The molecular formula is C20H25N3O2. The number of amides is 2. The fourth-order valence-electron chi connectivity index (χ4n) is 2.92. The maximum atomic E-state index is 12.4. The van der Waals surface area contributed by atoms with E-state index in [1.807, 2.05) is 30.3 Å². The zero-order valence-electron chi connectivity index (χ0n) is 14.6. The van der Waals surface area contributed by atoms with Gasteiger partial charge in [-0.1, -0.05) is 48.0 Å². The number of hydrogen-bond acceptors (Lipinski definition) is 3. The lowest BCUT2D eigenvalue weighted by atomic mass is 10.0. The van der Waals surface area contributed by atoms with E-state index in [0.29, 0.717) is 0 Å². The molecule has 1 aliphatic rings. The first kappa shape index (κ1) is 17.5. The van der Waals surface area contributed by atoms with Crippen LogP contribution in [0, 0.1) is 6.92 Å². The molecule has 5 nitrogen and oxygen atoms in total. The number of morpholine rings is 1. The minimum Gasteiger partial charge on any atom is -0.379 e. The largest absolute Gasteiger partial charge is 0.379 e. The summed E-state index contributed by atoms with van der Waals surface area (Å²) in [5.74, 6) is 0. The van der Waals surface area contributed by atoms with Gasteiger partial charge in [-0.05, 0) is 24.6 Å². The first-order valence-electron chi connectivity index (χ1n) is 8.70. The van der Waals surface area contributed by atoms with Crippen LogP contribution in [0.1, 0.15) is 17.2 Å². The van der Waals surface area contributed by atoms with Gasteiger partial charge in [-0.2, -0.15) is 0 Å². The van der Waals surface area contributed by atoms with E-state index in [9.17, 15) is 4.79 Å². The first-order chi connectivity index (χ1) is 12.2. The lowest BCUT2D eigenvalue weighted by Gasteiger charge is -2.31. The van der Waals surface area contributed by atoms with Crippen molar-refractivity contribution in [3.8, 4) is 0 Å². The summed E-state index contributed by atoms with van der Waals surface area (Å²) in [4.78, 5) is 14.8. The van der Waals surface area contributed by atoms with Crippen molar-refractivity contribution >= 4 is 11.7 Å². The van der Waals surface area contributed by atoms with Crippen molar-refractivity contribution in [3.63, 3.8) is 0 Å². The number of anilines is 1. The molecule has 2 aromatic carbocycles. The molecule has 0 aromatic heterocycles. The molecule has 1 heterocycles. The second kappa shape index (κ2) is 8.65. The van der Waals surface area contributed by atoms with E-state index in [1.54, 1.807) is 0 Å². The van der Waals surface area contributed by atoms with Gasteiger partial charge in [0, 0.05) is 25.3 Å². The third kappa shape index (κ3) is 5.31. The van der Waals surface area contributed by atoms with Crippen molar-refractivity contribution < 1.29 is 9.53 Å². The normalized spacial score (nSPS) is 16.2. The van der Waals surface area contributed by atoms with Gasteiger partial charge in [0.25, 0.3) is 0 Å². The lowest BCUT2D eigenvalue weighted by Crippen LogP contribution is -2.44. The van der Waals surface area contributed by atoms with Gasteiger partial charge in [-0.3, -0.25) is 4.90 Å². The van der Waals surface area contributed by atoms with E-state index < -0.39 is 0 Å². The highest BCUT2D eigenvalue weighted by molar-refractivity contribution is 5.89. The fraction of sp³-hybridized carbons (Fsp3) is 0.350. The van der Waals surface area contributed by atoms with Crippen LogP contribution in [-0.4, -0.2) is 43.8 Å². The fourth-order valence-corrected chi connectivity index (χ4v) is 2.92.